The summed E-state index contributed by atoms with van der Waals surface area (Å²) in [6, 6.07) is 4.01. The van der Waals surface area contributed by atoms with Gasteiger partial charge in [-0.15, -0.1) is 11.3 Å². The summed E-state index contributed by atoms with van der Waals surface area (Å²) in [5, 5.41) is 11.3. The maximum atomic E-state index is 12.2. The van der Waals surface area contributed by atoms with Crippen LogP contribution in [0.15, 0.2) is 17.7 Å². The predicted molar refractivity (Wildman–Crippen MR) is 103 cm³/mol. The van der Waals surface area contributed by atoms with Crippen molar-refractivity contribution in [3.8, 4) is 0 Å². The van der Waals surface area contributed by atoms with Crippen molar-refractivity contribution in [1.29, 1.82) is 0 Å². The van der Waals surface area contributed by atoms with Gasteiger partial charge >= 0.3 is 5.97 Å². The van der Waals surface area contributed by atoms with Gasteiger partial charge in [0.05, 0.1) is 6.61 Å². The molecule has 1 aromatic heterocycles. The van der Waals surface area contributed by atoms with Crippen molar-refractivity contribution < 1.29 is 14.6 Å². The summed E-state index contributed by atoms with van der Waals surface area (Å²) >= 11 is 8.11. The highest BCUT2D eigenvalue weighted by molar-refractivity contribution is 7.20. The normalized spacial score (nSPS) is 15.4. The molecule has 2 heterocycles. The molecule has 1 aromatic carbocycles. The third kappa shape index (κ3) is 3.75. The van der Waals surface area contributed by atoms with Crippen LogP contribution >= 0.6 is 22.9 Å². The molecular weight excluding hydrogens is 358 g/mol. The summed E-state index contributed by atoms with van der Waals surface area (Å²) in [6.07, 6.45) is 3.09. The van der Waals surface area contributed by atoms with Gasteiger partial charge in [-0.1, -0.05) is 11.6 Å². The molecule has 0 atom stereocenters. The van der Waals surface area contributed by atoms with Gasteiger partial charge in [-0.25, -0.2) is 4.79 Å². The molecule has 2 aromatic rings. The summed E-state index contributed by atoms with van der Waals surface area (Å²) in [6.45, 7) is 3.79. The number of esters is 1. The fourth-order valence-corrected chi connectivity index (χ4v) is 4.69. The van der Waals surface area contributed by atoms with Crippen LogP contribution in [0, 0.1) is 0 Å². The summed E-state index contributed by atoms with van der Waals surface area (Å²) in [5.41, 5.74) is 2.90. The molecule has 0 saturated carbocycles. The van der Waals surface area contributed by atoms with E-state index in [9.17, 15) is 9.90 Å². The summed E-state index contributed by atoms with van der Waals surface area (Å²) in [4.78, 5) is 15.5. The number of carbonyl (C=O) groups is 1. The average molecular weight is 380 g/mol. The van der Waals surface area contributed by atoms with Crippen molar-refractivity contribution in [2.75, 3.05) is 26.8 Å². The number of carbonyl (C=O) groups excluding carboxylic acids is 1. The Morgan fingerprint density at radius 1 is 1.44 bits per heavy atom. The van der Waals surface area contributed by atoms with Gasteiger partial charge in [0.25, 0.3) is 0 Å². The second-order valence-electron chi connectivity index (χ2n) is 6.20. The van der Waals surface area contributed by atoms with Crippen LogP contribution < -0.4 is 0 Å². The largest absolute Gasteiger partial charge is 0.463 e. The lowest BCUT2D eigenvalue weighted by Crippen LogP contribution is -2.18. The topological polar surface area (TPSA) is 49.8 Å². The first-order valence-corrected chi connectivity index (χ1v) is 9.64. The number of hydrogen-bond acceptors (Lipinski definition) is 5. The van der Waals surface area contributed by atoms with Crippen LogP contribution in [0.4, 0.5) is 0 Å². The Kier molecular flexibility index (Phi) is 5.79. The molecule has 25 heavy (non-hydrogen) atoms. The van der Waals surface area contributed by atoms with Crippen LogP contribution in [0.3, 0.4) is 0 Å². The van der Waals surface area contributed by atoms with Gasteiger partial charge in [0, 0.05) is 51.7 Å². The maximum absolute atomic E-state index is 12.2. The highest BCUT2D eigenvalue weighted by Crippen LogP contribution is 2.40. The van der Waals surface area contributed by atoms with Crippen molar-refractivity contribution in [3.05, 3.63) is 38.7 Å². The van der Waals surface area contributed by atoms with Crippen molar-refractivity contribution in [3.63, 3.8) is 0 Å². The number of thiophene rings is 1. The molecule has 1 N–H and O–H groups in total. The fraction of sp³-hybridized carbons (Fsp3) is 0.421. The lowest BCUT2D eigenvalue weighted by Gasteiger charge is -2.13. The fourth-order valence-electron chi connectivity index (χ4n) is 3.23. The van der Waals surface area contributed by atoms with Gasteiger partial charge in [-0.05, 0) is 49.7 Å². The van der Waals surface area contributed by atoms with E-state index in [1.165, 1.54) is 21.2 Å². The molecule has 0 spiro atoms. The van der Waals surface area contributed by atoms with E-state index in [0.717, 1.165) is 29.4 Å². The molecule has 6 heteroatoms. The van der Waals surface area contributed by atoms with Crippen LogP contribution in [-0.2, 0) is 22.5 Å². The molecule has 1 aliphatic rings. The first-order chi connectivity index (χ1) is 12.0. The third-order valence-electron chi connectivity index (χ3n) is 4.43. The first-order valence-electron chi connectivity index (χ1n) is 8.45. The second kappa shape index (κ2) is 7.87. The van der Waals surface area contributed by atoms with E-state index in [0.29, 0.717) is 12.2 Å². The van der Waals surface area contributed by atoms with Crippen LogP contribution in [0.2, 0.25) is 5.02 Å². The Labute approximate surface area is 156 Å². The molecule has 0 radical (unpaired) electrons. The molecule has 0 unspecified atom stereocenters. The van der Waals surface area contributed by atoms with E-state index in [2.05, 4.69) is 11.9 Å². The Hall–Kier alpha value is -1.40. The first kappa shape index (κ1) is 18.4. The minimum absolute atomic E-state index is 0.0815. The molecule has 0 bridgehead atoms. The second-order valence-corrected chi connectivity index (χ2v) is 7.69. The van der Waals surface area contributed by atoms with Gasteiger partial charge in [-0.3, -0.25) is 0 Å². The Morgan fingerprint density at radius 2 is 2.24 bits per heavy atom. The van der Waals surface area contributed by atoms with E-state index in [4.69, 9.17) is 16.3 Å². The monoisotopic (exact) mass is 379 g/mol. The number of ether oxygens (including phenoxy) is 1. The third-order valence-corrected chi connectivity index (χ3v) is 5.93. The van der Waals surface area contributed by atoms with E-state index >= 15 is 0 Å². The molecular formula is C19H22ClNO3S. The number of rotatable bonds is 5. The zero-order chi connectivity index (χ0) is 18.0. The average Bonchev–Trinajstić information content (AvgIpc) is 2.80. The predicted octanol–water partition coefficient (Wildman–Crippen LogP) is 3.87. The molecule has 4 nitrogen and oxygen atoms in total. The number of nitrogens with zero attached hydrogens (tertiary/aromatic N) is 1. The van der Waals surface area contributed by atoms with E-state index in [1.807, 2.05) is 18.2 Å². The number of aliphatic hydroxyl groups excluding tert-OH is 1. The number of halogens is 1. The van der Waals surface area contributed by atoms with E-state index in [-0.39, 0.29) is 19.0 Å². The summed E-state index contributed by atoms with van der Waals surface area (Å²) < 4.78 is 6.32. The van der Waals surface area contributed by atoms with E-state index in [1.54, 1.807) is 18.3 Å². The minimum Gasteiger partial charge on any atom is -0.463 e. The summed E-state index contributed by atoms with van der Waals surface area (Å²) in [5.74, 6) is -0.360. The Balaban J connectivity index is 2.15. The zero-order valence-electron chi connectivity index (χ0n) is 14.5. The number of hydrogen-bond donors (Lipinski definition) is 1. The van der Waals surface area contributed by atoms with Crippen LogP contribution in [-0.4, -0.2) is 42.8 Å². The molecule has 0 amide bonds. The van der Waals surface area contributed by atoms with Gasteiger partial charge in [0.2, 0.25) is 0 Å². The molecule has 134 valence electrons. The molecule has 0 aliphatic carbocycles. The Morgan fingerprint density at radius 3 is 2.96 bits per heavy atom. The smallest absolute Gasteiger partial charge is 0.334 e. The molecule has 0 fully saturated rings. The zero-order valence-corrected chi connectivity index (χ0v) is 16.0. The van der Waals surface area contributed by atoms with Gasteiger partial charge in [0.15, 0.2) is 0 Å². The molecule has 0 saturated heterocycles. The van der Waals surface area contributed by atoms with Crippen molar-refractivity contribution in [2.45, 2.75) is 26.3 Å². The van der Waals surface area contributed by atoms with Crippen molar-refractivity contribution in [1.82, 2.24) is 4.90 Å². The van der Waals surface area contributed by atoms with Crippen LogP contribution in [0.25, 0.3) is 16.2 Å². The van der Waals surface area contributed by atoms with Crippen molar-refractivity contribution in [2.24, 2.45) is 0 Å². The summed E-state index contributed by atoms with van der Waals surface area (Å²) in [7, 11) is 2.09. The highest BCUT2D eigenvalue weighted by atomic mass is 35.5. The lowest BCUT2D eigenvalue weighted by molar-refractivity contribution is -0.138. The number of likely N-dealkylation sites (N-methyl/N-ethyl adjacent to an activating group) is 1. The molecule has 1 aliphatic heterocycles. The quantitative estimate of drug-likeness (QED) is 0.632. The van der Waals surface area contributed by atoms with E-state index < -0.39 is 0 Å². The number of aliphatic hydroxyl groups is 1. The highest BCUT2D eigenvalue weighted by Gasteiger charge is 2.22. The number of benzene rings is 1. The minimum atomic E-state index is -0.360. The van der Waals surface area contributed by atoms with Gasteiger partial charge in [-0.2, -0.15) is 0 Å². The van der Waals surface area contributed by atoms with Gasteiger partial charge in [0.1, 0.15) is 0 Å². The van der Waals surface area contributed by atoms with Crippen LogP contribution in [0.5, 0.6) is 0 Å². The SMILES string of the molecule is CCOC(=O)C(=Cc1sc2ccc(Cl)c3c2c1CN(C)CC3)CCO. The van der Waals surface area contributed by atoms with Gasteiger partial charge < -0.3 is 14.7 Å². The lowest BCUT2D eigenvalue weighted by atomic mass is 10.0. The Bertz CT molecular complexity index is 828. The standard InChI is InChI=1S/C19H22ClNO3S/c1-3-24-19(23)12(7-9-22)10-17-14-11-21(2)8-6-13-15(20)4-5-16(25-17)18(13)14/h4-5,10,22H,3,6-9,11H2,1-2H3. The molecule has 3 rings (SSSR count). The van der Waals surface area contributed by atoms with Crippen molar-refractivity contribution >= 4 is 45.1 Å². The maximum Gasteiger partial charge on any atom is 0.334 e. The van der Waals surface area contributed by atoms with Crippen LogP contribution in [0.1, 0.15) is 29.3 Å².